The Hall–Kier alpha value is -2.13. The third-order valence-electron chi connectivity index (χ3n) is 2.88. The predicted octanol–water partition coefficient (Wildman–Crippen LogP) is 2.40. The smallest absolute Gasteiger partial charge is 0.328 e. The summed E-state index contributed by atoms with van der Waals surface area (Å²) in [4.78, 5) is 10.6. The van der Waals surface area contributed by atoms with E-state index in [1.54, 1.807) is 0 Å². The summed E-state index contributed by atoms with van der Waals surface area (Å²) in [5.74, 6) is -1.06. The van der Waals surface area contributed by atoms with E-state index in [4.69, 9.17) is 5.11 Å². The standard InChI is InChI=1S/C15H14O3/c16-14(17)9-11-15(18)10-5-4-8-13(15)12-6-2-1-3-7-12/h1-9,11,18H,10H2,(H,16,17). The fourth-order valence-corrected chi connectivity index (χ4v) is 2.00. The minimum absolute atomic E-state index is 0.373. The Morgan fingerprint density at radius 2 is 2.00 bits per heavy atom. The van der Waals surface area contributed by atoms with Crippen molar-refractivity contribution in [1.82, 2.24) is 0 Å². The van der Waals surface area contributed by atoms with Gasteiger partial charge in [0.25, 0.3) is 0 Å². The van der Waals surface area contributed by atoms with E-state index >= 15 is 0 Å². The second kappa shape index (κ2) is 5.02. The predicted molar refractivity (Wildman–Crippen MR) is 69.9 cm³/mol. The van der Waals surface area contributed by atoms with Crippen LogP contribution >= 0.6 is 0 Å². The van der Waals surface area contributed by atoms with Gasteiger partial charge in [0.05, 0.1) is 0 Å². The number of allylic oxidation sites excluding steroid dienone is 2. The third-order valence-corrected chi connectivity index (χ3v) is 2.88. The van der Waals surface area contributed by atoms with Crippen molar-refractivity contribution in [1.29, 1.82) is 0 Å². The summed E-state index contributed by atoms with van der Waals surface area (Å²) in [6.07, 6.45) is 8.18. The first kappa shape index (κ1) is 12.3. The van der Waals surface area contributed by atoms with Gasteiger partial charge in [-0.3, -0.25) is 0 Å². The lowest BCUT2D eigenvalue weighted by Gasteiger charge is -2.29. The van der Waals surface area contributed by atoms with Crippen molar-refractivity contribution in [3.63, 3.8) is 0 Å². The number of aliphatic carboxylic acids is 1. The summed E-state index contributed by atoms with van der Waals surface area (Å²) in [5, 5.41) is 19.2. The van der Waals surface area contributed by atoms with Crippen LogP contribution in [0.2, 0.25) is 0 Å². The minimum atomic E-state index is -1.26. The molecular formula is C15H14O3. The van der Waals surface area contributed by atoms with Crippen LogP contribution in [0.25, 0.3) is 5.57 Å². The number of aliphatic hydroxyl groups is 1. The van der Waals surface area contributed by atoms with E-state index in [-0.39, 0.29) is 0 Å². The molecule has 0 saturated heterocycles. The number of rotatable bonds is 3. The largest absolute Gasteiger partial charge is 0.478 e. The van der Waals surface area contributed by atoms with Gasteiger partial charge >= 0.3 is 5.97 Å². The first-order valence-corrected chi connectivity index (χ1v) is 5.69. The van der Waals surface area contributed by atoms with Gasteiger partial charge in [-0.15, -0.1) is 0 Å². The van der Waals surface area contributed by atoms with Gasteiger partial charge in [-0.25, -0.2) is 4.79 Å². The minimum Gasteiger partial charge on any atom is -0.478 e. The van der Waals surface area contributed by atoms with E-state index in [1.807, 2.05) is 48.6 Å². The van der Waals surface area contributed by atoms with Gasteiger partial charge in [-0.05, 0) is 17.2 Å². The molecule has 0 bridgehead atoms. The van der Waals surface area contributed by atoms with Crippen LogP contribution in [-0.4, -0.2) is 21.8 Å². The third kappa shape index (κ3) is 2.57. The Balaban J connectivity index is 2.39. The van der Waals surface area contributed by atoms with Crippen LogP contribution in [0.4, 0.5) is 0 Å². The zero-order valence-corrected chi connectivity index (χ0v) is 9.78. The van der Waals surface area contributed by atoms with Gasteiger partial charge in [-0.1, -0.05) is 48.6 Å². The molecule has 2 rings (SSSR count). The van der Waals surface area contributed by atoms with Gasteiger partial charge in [0, 0.05) is 12.5 Å². The SMILES string of the molecule is O=C(O)C=CC1(O)CC=CC=C1c1ccccc1. The average molecular weight is 242 g/mol. The lowest BCUT2D eigenvalue weighted by molar-refractivity contribution is -0.131. The molecule has 0 aliphatic heterocycles. The molecule has 0 heterocycles. The average Bonchev–Trinajstić information content (AvgIpc) is 2.38. The normalized spacial score (nSPS) is 23.1. The van der Waals surface area contributed by atoms with Crippen LogP contribution in [0.15, 0.2) is 60.7 Å². The Morgan fingerprint density at radius 3 is 2.67 bits per heavy atom. The monoisotopic (exact) mass is 242 g/mol. The highest BCUT2D eigenvalue weighted by Gasteiger charge is 2.30. The van der Waals surface area contributed by atoms with E-state index < -0.39 is 11.6 Å². The Labute approximate surface area is 105 Å². The van der Waals surface area contributed by atoms with Crippen LogP contribution in [0, 0.1) is 0 Å². The van der Waals surface area contributed by atoms with E-state index in [0.717, 1.165) is 11.6 Å². The number of hydrogen-bond acceptors (Lipinski definition) is 2. The highest BCUT2D eigenvalue weighted by molar-refractivity contribution is 5.83. The Morgan fingerprint density at radius 1 is 1.28 bits per heavy atom. The number of carbonyl (C=O) groups is 1. The maximum atomic E-state index is 10.6. The molecular weight excluding hydrogens is 228 g/mol. The summed E-state index contributed by atoms with van der Waals surface area (Å²) >= 11 is 0. The zero-order valence-electron chi connectivity index (χ0n) is 9.78. The second-order valence-electron chi connectivity index (χ2n) is 4.17. The molecule has 2 N–H and O–H groups in total. The van der Waals surface area contributed by atoms with Crippen molar-refractivity contribution >= 4 is 11.5 Å². The van der Waals surface area contributed by atoms with Crippen molar-refractivity contribution in [3.05, 3.63) is 66.3 Å². The van der Waals surface area contributed by atoms with Crippen molar-refractivity contribution in [2.75, 3.05) is 0 Å². The molecule has 1 unspecified atom stereocenters. The molecule has 0 fully saturated rings. The second-order valence-corrected chi connectivity index (χ2v) is 4.17. The van der Waals surface area contributed by atoms with Crippen molar-refractivity contribution < 1.29 is 15.0 Å². The molecule has 3 nitrogen and oxygen atoms in total. The Bertz CT molecular complexity index is 526. The molecule has 1 aliphatic carbocycles. The van der Waals surface area contributed by atoms with Crippen LogP contribution in [0.3, 0.4) is 0 Å². The molecule has 1 aromatic carbocycles. The molecule has 1 atom stereocenters. The van der Waals surface area contributed by atoms with Gasteiger partial charge < -0.3 is 10.2 Å². The van der Waals surface area contributed by atoms with Gasteiger partial charge in [0.15, 0.2) is 0 Å². The highest BCUT2D eigenvalue weighted by Crippen LogP contribution is 2.34. The molecule has 92 valence electrons. The van der Waals surface area contributed by atoms with Gasteiger partial charge in [0.1, 0.15) is 5.60 Å². The number of benzene rings is 1. The molecule has 0 spiro atoms. The summed E-state index contributed by atoms with van der Waals surface area (Å²) in [6, 6.07) is 9.45. The van der Waals surface area contributed by atoms with Crippen molar-refractivity contribution in [2.24, 2.45) is 0 Å². The van der Waals surface area contributed by atoms with Crippen LogP contribution < -0.4 is 0 Å². The molecule has 1 aliphatic rings. The van der Waals surface area contributed by atoms with Gasteiger partial charge in [0.2, 0.25) is 0 Å². The fraction of sp³-hybridized carbons (Fsp3) is 0.133. The molecule has 0 amide bonds. The van der Waals surface area contributed by atoms with E-state index in [9.17, 15) is 9.90 Å². The maximum absolute atomic E-state index is 10.6. The highest BCUT2D eigenvalue weighted by atomic mass is 16.4. The summed E-state index contributed by atoms with van der Waals surface area (Å²) in [7, 11) is 0. The van der Waals surface area contributed by atoms with Crippen molar-refractivity contribution in [2.45, 2.75) is 12.0 Å². The topological polar surface area (TPSA) is 57.5 Å². The molecule has 3 heteroatoms. The summed E-state index contributed by atoms with van der Waals surface area (Å²) in [5.41, 5.74) is 0.344. The van der Waals surface area contributed by atoms with E-state index in [0.29, 0.717) is 12.0 Å². The van der Waals surface area contributed by atoms with Crippen LogP contribution in [-0.2, 0) is 4.79 Å². The maximum Gasteiger partial charge on any atom is 0.328 e. The molecule has 0 aromatic heterocycles. The van der Waals surface area contributed by atoms with E-state index in [2.05, 4.69) is 0 Å². The molecule has 18 heavy (non-hydrogen) atoms. The summed E-state index contributed by atoms with van der Waals surface area (Å²) < 4.78 is 0. The molecule has 0 radical (unpaired) electrons. The lowest BCUT2D eigenvalue weighted by atomic mass is 9.82. The molecule has 1 aromatic rings. The first-order chi connectivity index (χ1) is 8.62. The lowest BCUT2D eigenvalue weighted by Crippen LogP contribution is -2.28. The van der Waals surface area contributed by atoms with Gasteiger partial charge in [-0.2, -0.15) is 0 Å². The zero-order chi connectivity index (χ0) is 13.0. The van der Waals surface area contributed by atoms with Crippen LogP contribution in [0.1, 0.15) is 12.0 Å². The summed E-state index contributed by atoms with van der Waals surface area (Å²) in [6.45, 7) is 0. The number of carboxylic acid groups (broad SMARTS) is 1. The Kier molecular flexibility index (Phi) is 3.44. The van der Waals surface area contributed by atoms with Crippen LogP contribution in [0.5, 0.6) is 0 Å². The van der Waals surface area contributed by atoms with E-state index in [1.165, 1.54) is 6.08 Å². The number of hydrogen-bond donors (Lipinski definition) is 2. The number of carboxylic acids is 1. The fourth-order valence-electron chi connectivity index (χ4n) is 2.00. The molecule has 0 saturated carbocycles. The van der Waals surface area contributed by atoms with Crippen molar-refractivity contribution in [3.8, 4) is 0 Å². The quantitative estimate of drug-likeness (QED) is 0.800. The first-order valence-electron chi connectivity index (χ1n) is 5.69.